The highest BCUT2D eigenvalue weighted by Gasteiger charge is 2.41. The first-order valence-corrected chi connectivity index (χ1v) is 14.7. The number of hydrogen-bond acceptors (Lipinski definition) is 5. The average Bonchev–Trinajstić information content (AvgIpc) is 2.96. The predicted octanol–water partition coefficient (Wildman–Crippen LogP) is 7.79. The molecule has 1 fully saturated rings. The van der Waals surface area contributed by atoms with Crippen molar-refractivity contribution in [3.05, 3.63) is 123 Å². The molecule has 0 N–H and O–H groups in total. The number of nitrogens with zero attached hydrogens (tertiary/aromatic N) is 2. The summed E-state index contributed by atoms with van der Waals surface area (Å²) in [6, 6.07) is 28.0. The Morgan fingerprint density at radius 3 is 1.86 bits per heavy atom. The lowest BCUT2D eigenvalue weighted by Crippen LogP contribution is -2.56. The molecule has 1 aliphatic rings. The number of ether oxygens (including phenoxy) is 2. The van der Waals surface area contributed by atoms with E-state index in [9.17, 15) is 9.59 Å². The van der Waals surface area contributed by atoms with Gasteiger partial charge in [-0.1, -0.05) is 65.7 Å². The molecule has 42 heavy (non-hydrogen) atoms. The quantitative estimate of drug-likeness (QED) is 0.112. The third kappa shape index (κ3) is 6.15. The first kappa shape index (κ1) is 29.2. The van der Waals surface area contributed by atoms with Gasteiger partial charge in [-0.3, -0.25) is 19.4 Å². The molecule has 0 bridgehead atoms. The lowest BCUT2D eigenvalue weighted by Gasteiger charge is -2.36. The van der Waals surface area contributed by atoms with Crippen LogP contribution >= 0.6 is 28.1 Å². The minimum atomic E-state index is -0.507. The van der Waals surface area contributed by atoms with Crippen LogP contribution in [0.25, 0.3) is 6.08 Å². The molecule has 1 aliphatic heterocycles. The zero-order valence-electron chi connectivity index (χ0n) is 23.5. The van der Waals surface area contributed by atoms with Gasteiger partial charge >= 0.3 is 0 Å². The van der Waals surface area contributed by atoms with Crippen LogP contribution in [0.2, 0.25) is 0 Å². The van der Waals surface area contributed by atoms with E-state index in [4.69, 9.17) is 21.7 Å². The molecule has 1 heterocycles. The Morgan fingerprint density at radius 1 is 0.786 bits per heavy atom. The number of carbonyl (C=O) groups is 2. The molecular formula is C34H29BrN2O4S. The van der Waals surface area contributed by atoms with Gasteiger partial charge in [0.1, 0.15) is 12.2 Å². The maximum absolute atomic E-state index is 13.9. The van der Waals surface area contributed by atoms with Gasteiger partial charge in [0.25, 0.3) is 11.8 Å². The number of hydrogen-bond donors (Lipinski definition) is 0. The second-order valence-electron chi connectivity index (χ2n) is 9.84. The number of rotatable bonds is 8. The van der Waals surface area contributed by atoms with Crippen molar-refractivity contribution in [3.8, 4) is 11.5 Å². The number of anilines is 2. The highest BCUT2D eigenvalue weighted by molar-refractivity contribution is 9.10. The van der Waals surface area contributed by atoms with E-state index in [-0.39, 0.29) is 10.7 Å². The van der Waals surface area contributed by atoms with Crippen molar-refractivity contribution in [1.82, 2.24) is 0 Å². The van der Waals surface area contributed by atoms with Crippen LogP contribution in [-0.2, 0) is 16.2 Å². The Balaban J connectivity index is 1.55. The third-order valence-corrected chi connectivity index (χ3v) is 7.54. The standard InChI is InChI=1S/C34H29BrN2O4S/c1-4-40-30-20-24(19-29(35)31(30)41-21-25-16-22(2)15-23(3)17-25)18-28-32(38)36(26-11-7-5-8-12-26)34(42)37(33(28)39)27-13-9-6-10-14-27/h5-20H,4,21H2,1-3H3. The topological polar surface area (TPSA) is 59.1 Å². The van der Waals surface area contributed by atoms with Gasteiger partial charge in [-0.05, 0) is 103 Å². The fourth-order valence-corrected chi connectivity index (χ4v) is 5.84. The van der Waals surface area contributed by atoms with Gasteiger partial charge in [-0.25, -0.2) is 0 Å². The van der Waals surface area contributed by atoms with Gasteiger partial charge in [0.15, 0.2) is 16.6 Å². The Hall–Kier alpha value is -4.27. The number of para-hydroxylation sites is 2. The maximum atomic E-state index is 13.9. The summed E-state index contributed by atoms with van der Waals surface area (Å²) in [5.74, 6) is 0.0202. The summed E-state index contributed by atoms with van der Waals surface area (Å²) in [6.07, 6.45) is 1.57. The van der Waals surface area contributed by atoms with Gasteiger partial charge in [0.05, 0.1) is 22.5 Å². The summed E-state index contributed by atoms with van der Waals surface area (Å²) < 4.78 is 12.8. The molecule has 6 nitrogen and oxygen atoms in total. The van der Waals surface area contributed by atoms with E-state index >= 15 is 0 Å². The van der Waals surface area contributed by atoms with Crippen LogP contribution in [0.1, 0.15) is 29.2 Å². The van der Waals surface area contributed by atoms with E-state index in [1.165, 1.54) is 9.80 Å². The van der Waals surface area contributed by atoms with Crippen molar-refractivity contribution in [2.75, 3.05) is 16.4 Å². The number of thiocarbonyl (C=S) groups is 1. The Kier molecular flexibility index (Phi) is 8.85. The second kappa shape index (κ2) is 12.7. The van der Waals surface area contributed by atoms with Crippen molar-refractivity contribution in [1.29, 1.82) is 0 Å². The molecule has 0 spiro atoms. The number of amides is 2. The van der Waals surface area contributed by atoms with Crippen LogP contribution in [0.5, 0.6) is 11.5 Å². The van der Waals surface area contributed by atoms with Crippen LogP contribution in [0.4, 0.5) is 11.4 Å². The summed E-state index contributed by atoms with van der Waals surface area (Å²) in [5, 5.41) is 0.0888. The summed E-state index contributed by atoms with van der Waals surface area (Å²) in [5.41, 5.74) is 5.06. The number of halogens is 1. The van der Waals surface area contributed by atoms with Gasteiger partial charge < -0.3 is 9.47 Å². The van der Waals surface area contributed by atoms with Crippen molar-refractivity contribution < 1.29 is 19.1 Å². The average molecular weight is 642 g/mol. The van der Waals surface area contributed by atoms with Gasteiger partial charge in [0.2, 0.25) is 0 Å². The first-order chi connectivity index (χ1) is 20.3. The summed E-state index contributed by atoms with van der Waals surface area (Å²) >= 11 is 9.33. The van der Waals surface area contributed by atoms with Crippen LogP contribution in [0.3, 0.4) is 0 Å². The monoisotopic (exact) mass is 640 g/mol. The fourth-order valence-electron chi connectivity index (χ4n) is 4.89. The summed E-state index contributed by atoms with van der Waals surface area (Å²) in [4.78, 5) is 30.5. The lowest BCUT2D eigenvalue weighted by atomic mass is 10.0. The molecule has 2 amide bonds. The number of carbonyl (C=O) groups excluding carboxylic acids is 2. The van der Waals surface area contributed by atoms with Crippen molar-refractivity contribution in [3.63, 3.8) is 0 Å². The second-order valence-corrected chi connectivity index (χ2v) is 11.1. The molecule has 8 heteroatoms. The Labute approximate surface area is 259 Å². The molecule has 0 unspecified atom stereocenters. The minimum Gasteiger partial charge on any atom is -0.490 e. The lowest BCUT2D eigenvalue weighted by molar-refractivity contribution is -0.120. The molecule has 0 radical (unpaired) electrons. The predicted molar refractivity (Wildman–Crippen MR) is 174 cm³/mol. The summed E-state index contributed by atoms with van der Waals surface area (Å²) in [7, 11) is 0. The van der Waals surface area contributed by atoms with E-state index < -0.39 is 11.8 Å². The normalized spacial score (nSPS) is 13.4. The molecule has 5 rings (SSSR count). The van der Waals surface area contributed by atoms with E-state index in [1.54, 1.807) is 42.5 Å². The SMILES string of the molecule is CCOc1cc(C=C2C(=O)N(c3ccccc3)C(=S)N(c3ccccc3)C2=O)cc(Br)c1OCc1cc(C)cc(C)c1. The molecule has 4 aromatic rings. The van der Waals surface area contributed by atoms with Crippen LogP contribution in [-0.4, -0.2) is 23.5 Å². The van der Waals surface area contributed by atoms with Crippen molar-refractivity contribution >= 4 is 62.5 Å². The minimum absolute atomic E-state index is 0.0328. The Bertz CT molecular complexity index is 1610. The van der Waals surface area contributed by atoms with Gasteiger partial charge in [-0.15, -0.1) is 0 Å². The van der Waals surface area contributed by atoms with E-state index in [2.05, 4.69) is 48.0 Å². The highest BCUT2D eigenvalue weighted by Crippen LogP contribution is 2.39. The van der Waals surface area contributed by atoms with Crippen LogP contribution in [0.15, 0.2) is 101 Å². The third-order valence-electron chi connectivity index (χ3n) is 6.59. The number of aryl methyl sites for hydroxylation is 2. The molecule has 1 saturated heterocycles. The van der Waals surface area contributed by atoms with Crippen molar-refractivity contribution in [2.24, 2.45) is 0 Å². The molecule has 4 aromatic carbocycles. The molecule has 212 valence electrons. The van der Waals surface area contributed by atoms with Crippen LogP contribution in [0, 0.1) is 13.8 Å². The first-order valence-electron chi connectivity index (χ1n) is 13.5. The summed E-state index contributed by atoms with van der Waals surface area (Å²) in [6.45, 7) is 6.75. The van der Waals surface area contributed by atoms with Gasteiger partial charge in [-0.2, -0.15) is 0 Å². The molecule has 0 aromatic heterocycles. The van der Waals surface area contributed by atoms with Gasteiger partial charge in [0, 0.05) is 0 Å². The fraction of sp³-hybridized carbons (Fsp3) is 0.147. The smallest absolute Gasteiger partial charge is 0.270 e. The Morgan fingerprint density at radius 2 is 1.33 bits per heavy atom. The maximum Gasteiger partial charge on any atom is 0.270 e. The zero-order valence-corrected chi connectivity index (χ0v) is 25.9. The van der Waals surface area contributed by atoms with E-state index in [1.807, 2.05) is 43.3 Å². The molecular weight excluding hydrogens is 612 g/mol. The molecule has 0 saturated carbocycles. The van der Waals surface area contributed by atoms with Crippen molar-refractivity contribution in [2.45, 2.75) is 27.4 Å². The highest BCUT2D eigenvalue weighted by atomic mass is 79.9. The van der Waals surface area contributed by atoms with Crippen LogP contribution < -0.4 is 19.3 Å². The number of benzene rings is 4. The largest absolute Gasteiger partial charge is 0.490 e. The zero-order chi connectivity index (χ0) is 29.8. The molecule has 0 atom stereocenters. The van der Waals surface area contributed by atoms with E-state index in [0.29, 0.717) is 46.1 Å². The molecule has 0 aliphatic carbocycles. The van der Waals surface area contributed by atoms with E-state index in [0.717, 1.165) is 16.7 Å².